The Bertz CT molecular complexity index is 659. The SMILES string of the molecule is CC[C@@H](CC(C)SN)c1cc(=O)n(C)cc1B1OC(C)(C)C(C)(C)O1. The summed E-state index contributed by atoms with van der Waals surface area (Å²) in [6.45, 7) is 12.4. The summed E-state index contributed by atoms with van der Waals surface area (Å²) in [6, 6.07) is 1.74. The van der Waals surface area contributed by atoms with Crippen molar-refractivity contribution in [2.24, 2.45) is 12.2 Å². The van der Waals surface area contributed by atoms with E-state index in [0.29, 0.717) is 5.25 Å². The van der Waals surface area contributed by atoms with Gasteiger partial charge in [0, 0.05) is 30.0 Å². The molecule has 1 saturated heterocycles. The van der Waals surface area contributed by atoms with Gasteiger partial charge in [-0.1, -0.05) is 25.8 Å². The molecule has 5 nitrogen and oxygen atoms in total. The molecule has 1 unspecified atom stereocenters. The molecule has 7 heteroatoms. The molecular formula is C18H31BN2O3S. The third kappa shape index (κ3) is 4.16. The maximum atomic E-state index is 12.3. The lowest BCUT2D eigenvalue weighted by atomic mass is 9.73. The van der Waals surface area contributed by atoms with Crippen LogP contribution in [0.4, 0.5) is 0 Å². The lowest BCUT2D eigenvalue weighted by Gasteiger charge is -2.32. The normalized spacial score (nSPS) is 21.4. The van der Waals surface area contributed by atoms with Gasteiger partial charge in [0.1, 0.15) is 0 Å². The number of aryl methyl sites for hydroxylation is 1. The highest BCUT2D eigenvalue weighted by Crippen LogP contribution is 2.37. The zero-order valence-corrected chi connectivity index (χ0v) is 17.3. The molecule has 2 N–H and O–H groups in total. The van der Waals surface area contributed by atoms with Crippen LogP contribution in [0.5, 0.6) is 0 Å². The van der Waals surface area contributed by atoms with Crippen LogP contribution in [0.1, 0.15) is 65.9 Å². The fourth-order valence-electron chi connectivity index (χ4n) is 3.16. The lowest BCUT2D eigenvalue weighted by Crippen LogP contribution is -2.41. The summed E-state index contributed by atoms with van der Waals surface area (Å²) in [5, 5.41) is 6.06. The van der Waals surface area contributed by atoms with Crippen molar-refractivity contribution in [2.45, 2.75) is 76.8 Å². The van der Waals surface area contributed by atoms with E-state index in [9.17, 15) is 4.79 Å². The highest BCUT2D eigenvalue weighted by Gasteiger charge is 2.52. The molecule has 0 aromatic carbocycles. The average Bonchev–Trinajstić information content (AvgIpc) is 2.75. The first-order chi connectivity index (χ1) is 11.5. The molecule has 1 aromatic rings. The summed E-state index contributed by atoms with van der Waals surface area (Å²) < 4.78 is 14.1. The number of rotatable bonds is 6. The number of nitrogens with zero attached hydrogens (tertiary/aromatic N) is 1. The van der Waals surface area contributed by atoms with Crippen LogP contribution in [0.25, 0.3) is 0 Å². The summed E-state index contributed by atoms with van der Waals surface area (Å²) >= 11 is 1.36. The molecule has 0 radical (unpaired) electrons. The fraction of sp³-hybridized carbons (Fsp3) is 0.722. The van der Waals surface area contributed by atoms with Crippen LogP contribution in [-0.4, -0.2) is 28.1 Å². The molecule has 0 spiro atoms. The van der Waals surface area contributed by atoms with Gasteiger partial charge >= 0.3 is 7.12 Å². The Balaban J connectivity index is 2.48. The molecule has 1 aliphatic heterocycles. The van der Waals surface area contributed by atoms with Crippen LogP contribution in [0.15, 0.2) is 17.1 Å². The summed E-state index contributed by atoms with van der Waals surface area (Å²) in [7, 11) is 1.29. The minimum Gasteiger partial charge on any atom is -0.399 e. The molecule has 25 heavy (non-hydrogen) atoms. The zero-order valence-electron chi connectivity index (χ0n) is 16.5. The van der Waals surface area contributed by atoms with E-state index >= 15 is 0 Å². The first-order valence-electron chi connectivity index (χ1n) is 8.94. The molecule has 2 atom stereocenters. The van der Waals surface area contributed by atoms with E-state index < -0.39 is 18.3 Å². The van der Waals surface area contributed by atoms with Gasteiger partial charge in [0.05, 0.1) is 11.2 Å². The largest absolute Gasteiger partial charge is 0.496 e. The van der Waals surface area contributed by atoms with Gasteiger partial charge in [0.15, 0.2) is 0 Å². The molecule has 0 amide bonds. The van der Waals surface area contributed by atoms with Crippen LogP contribution in [0.3, 0.4) is 0 Å². The first kappa shape index (κ1) is 20.6. The first-order valence-corrected chi connectivity index (χ1v) is 9.88. The number of pyridine rings is 1. The van der Waals surface area contributed by atoms with Crippen molar-refractivity contribution in [1.82, 2.24) is 4.57 Å². The van der Waals surface area contributed by atoms with Crippen LogP contribution in [-0.2, 0) is 16.4 Å². The van der Waals surface area contributed by atoms with Crippen molar-refractivity contribution >= 4 is 24.5 Å². The lowest BCUT2D eigenvalue weighted by molar-refractivity contribution is 0.00578. The van der Waals surface area contributed by atoms with Gasteiger partial charge in [0.25, 0.3) is 0 Å². The fourth-order valence-corrected chi connectivity index (χ4v) is 3.50. The monoisotopic (exact) mass is 366 g/mol. The van der Waals surface area contributed by atoms with Crippen molar-refractivity contribution in [3.05, 3.63) is 28.2 Å². The topological polar surface area (TPSA) is 66.5 Å². The predicted molar refractivity (Wildman–Crippen MR) is 106 cm³/mol. The molecular weight excluding hydrogens is 335 g/mol. The van der Waals surface area contributed by atoms with Crippen molar-refractivity contribution in [3.8, 4) is 0 Å². The minimum atomic E-state index is -0.471. The molecule has 0 aliphatic carbocycles. The molecule has 2 heterocycles. The number of hydrogen-bond donors (Lipinski definition) is 1. The van der Waals surface area contributed by atoms with Crippen LogP contribution in [0.2, 0.25) is 0 Å². The minimum absolute atomic E-state index is 0.0122. The number of hydrogen-bond acceptors (Lipinski definition) is 5. The molecule has 0 saturated carbocycles. The predicted octanol–water partition coefficient (Wildman–Crippen LogP) is 2.56. The Morgan fingerprint density at radius 2 is 1.84 bits per heavy atom. The van der Waals surface area contributed by atoms with Crippen LogP contribution >= 0.6 is 11.9 Å². The summed E-state index contributed by atoms with van der Waals surface area (Å²) in [4.78, 5) is 12.3. The van der Waals surface area contributed by atoms with Crippen molar-refractivity contribution in [1.29, 1.82) is 0 Å². The van der Waals surface area contributed by atoms with Crippen molar-refractivity contribution in [3.63, 3.8) is 0 Å². The zero-order chi connectivity index (χ0) is 19.0. The summed E-state index contributed by atoms with van der Waals surface area (Å²) in [5.41, 5.74) is 1.13. The van der Waals surface area contributed by atoms with Gasteiger partial charge in [-0.25, -0.2) is 0 Å². The standard InChI is InChI=1S/C18H31BN2O3S/c1-8-13(9-12(2)25-20)14-10-16(22)21(7)11-15(14)19-23-17(3,4)18(5,6)24-19/h10-13H,8-9,20H2,1-7H3/t12?,13-/m0/s1. The Morgan fingerprint density at radius 3 is 2.32 bits per heavy atom. The van der Waals surface area contributed by atoms with Crippen LogP contribution < -0.4 is 16.2 Å². The van der Waals surface area contributed by atoms with E-state index in [2.05, 4.69) is 13.8 Å². The average molecular weight is 366 g/mol. The highest BCUT2D eigenvalue weighted by atomic mass is 32.2. The summed E-state index contributed by atoms with van der Waals surface area (Å²) in [6.07, 6.45) is 3.71. The molecule has 1 aliphatic rings. The molecule has 0 bridgehead atoms. The second-order valence-corrected chi connectivity index (χ2v) is 9.09. The smallest absolute Gasteiger partial charge is 0.399 e. The Morgan fingerprint density at radius 1 is 1.28 bits per heavy atom. The Hall–Kier alpha value is -0.755. The quantitative estimate of drug-likeness (QED) is 0.619. The Labute approximate surface area is 155 Å². The second-order valence-electron chi connectivity index (χ2n) is 8.01. The van der Waals surface area contributed by atoms with E-state index in [-0.39, 0.29) is 11.5 Å². The van der Waals surface area contributed by atoms with Gasteiger partial charge in [-0.05, 0) is 52.0 Å². The van der Waals surface area contributed by atoms with E-state index in [1.54, 1.807) is 17.7 Å². The van der Waals surface area contributed by atoms with Gasteiger partial charge in [-0.2, -0.15) is 0 Å². The van der Waals surface area contributed by atoms with Gasteiger partial charge < -0.3 is 13.9 Å². The van der Waals surface area contributed by atoms with Gasteiger partial charge in [-0.15, -0.1) is 0 Å². The molecule has 1 aromatic heterocycles. The van der Waals surface area contributed by atoms with Gasteiger partial charge in [-0.3, -0.25) is 9.93 Å². The molecule has 1 fully saturated rings. The maximum absolute atomic E-state index is 12.3. The van der Waals surface area contributed by atoms with E-state index in [1.165, 1.54) is 11.9 Å². The Kier molecular flexibility index (Phi) is 6.14. The second kappa shape index (κ2) is 7.47. The van der Waals surface area contributed by atoms with E-state index in [4.69, 9.17) is 14.4 Å². The number of aromatic nitrogens is 1. The van der Waals surface area contributed by atoms with E-state index in [0.717, 1.165) is 23.9 Å². The third-order valence-corrected chi connectivity index (χ3v) is 6.24. The number of nitrogens with two attached hydrogens (primary N) is 1. The van der Waals surface area contributed by atoms with E-state index in [1.807, 2.05) is 33.9 Å². The molecule has 2 rings (SSSR count). The van der Waals surface area contributed by atoms with Crippen molar-refractivity contribution in [2.75, 3.05) is 0 Å². The molecule has 140 valence electrons. The maximum Gasteiger partial charge on any atom is 0.496 e. The van der Waals surface area contributed by atoms with Crippen molar-refractivity contribution < 1.29 is 9.31 Å². The highest BCUT2D eigenvalue weighted by molar-refractivity contribution is 7.97. The van der Waals surface area contributed by atoms with Gasteiger partial charge in [0.2, 0.25) is 5.56 Å². The summed E-state index contributed by atoms with van der Waals surface area (Å²) in [5.74, 6) is 0.244. The third-order valence-electron chi connectivity index (χ3n) is 5.58. The van der Waals surface area contributed by atoms with Crippen LogP contribution in [0, 0.1) is 0 Å².